The molecule has 0 saturated carbocycles. The van der Waals surface area contributed by atoms with Gasteiger partial charge in [0.25, 0.3) is 0 Å². The first-order valence-corrected chi connectivity index (χ1v) is 10.3. The molecule has 2 aromatic rings. The number of guanidine groups is 1. The number of benzene rings is 1. The fraction of sp³-hybridized carbons (Fsp3) is 0.571. The Kier molecular flexibility index (Phi) is 7.42. The van der Waals surface area contributed by atoms with Crippen LogP contribution in [-0.4, -0.2) is 45.3 Å². The zero-order valence-electron chi connectivity index (χ0n) is 17.4. The molecule has 2 N–H and O–H groups in total. The maximum atomic E-state index is 4.80. The lowest BCUT2D eigenvalue weighted by Crippen LogP contribution is -2.37. The monoisotopic (exact) mass is 383 g/mol. The number of likely N-dealkylation sites (tertiary alicyclic amines) is 1. The molecule has 0 amide bonds. The molecule has 2 heterocycles. The lowest BCUT2D eigenvalue weighted by Gasteiger charge is -2.31. The van der Waals surface area contributed by atoms with Crippen molar-refractivity contribution in [2.24, 2.45) is 18.0 Å². The lowest BCUT2D eigenvalue weighted by molar-refractivity contribution is 0.176. The van der Waals surface area contributed by atoms with Crippen molar-refractivity contribution in [1.82, 2.24) is 30.3 Å². The molecule has 3 rings (SSSR count). The van der Waals surface area contributed by atoms with Gasteiger partial charge in [-0.3, -0.25) is 9.58 Å². The Bertz CT molecular complexity index is 768. The van der Waals surface area contributed by atoms with E-state index in [0.29, 0.717) is 13.1 Å². The second-order valence-electron chi connectivity index (χ2n) is 7.60. The van der Waals surface area contributed by atoms with Crippen molar-refractivity contribution < 1.29 is 0 Å². The summed E-state index contributed by atoms with van der Waals surface area (Å²) in [7, 11) is 1.89. The van der Waals surface area contributed by atoms with E-state index < -0.39 is 0 Å². The number of nitrogens with one attached hydrogen (secondary N) is 2. The Balaban J connectivity index is 1.64. The van der Waals surface area contributed by atoms with E-state index in [1.807, 2.05) is 7.05 Å². The standard InChI is InChI=1S/C21H33N7/c1-4-22-21(24-13-20-25-16-26-27(20)3)23-12-18-9-5-6-10-19(18)15-28-11-7-8-17(2)14-28/h5-6,9-10,16-17H,4,7-8,11-15H2,1-3H3,(H2,22,23,24). The van der Waals surface area contributed by atoms with Crippen molar-refractivity contribution in [2.75, 3.05) is 19.6 Å². The van der Waals surface area contributed by atoms with Gasteiger partial charge in [0.2, 0.25) is 0 Å². The van der Waals surface area contributed by atoms with E-state index in [9.17, 15) is 0 Å². The zero-order valence-corrected chi connectivity index (χ0v) is 17.4. The molecule has 1 aromatic carbocycles. The van der Waals surface area contributed by atoms with Gasteiger partial charge in [0.15, 0.2) is 5.96 Å². The summed E-state index contributed by atoms with van der Waals surface area (Å²) in [6, 6.07) is 8.67. The normalized spacial score (nSPS) is 18.2. The number of aliphatic imine (C=N–C) groups is 1. The van der Waals surface area contributed by atoms with Crippen LogP contribution in [0.25, 0.3) is 0 Å². The average molecular weight is 384 g/mol. The second-order valence-corrected chi connectivity index (χ2v) is 7.60. The quantitative estimate of drug-likeness (QED) is 0.567. The van der Waals surface area contributed by atoms with Gasteiger partial charge in [0.1, 0.15) is 12.2 Å². The van der Waals surface area contributed by atoms with Gasteiger partial charge in [-0.2, -0.15) is 5.10 Å². The molecule has 1 aromatic heterocycles. The highest BCUT2D eigenvalue weighted by molar-refractivity contribution is 5.79. The molecule has 152 valence electrons. The molecular formula is C21H33N7. The summed E-state index contributed by atoms with van der Waals surface area (Å²) in [6.07, 6.45) is 4.22. The Hall–Kier alpha value is -2.41. The van der Waals surface area contributed by atoms with Crippen LogP contribution in [-0.2, 0) is 26.7 Å². The smallest absolute Gasteiger partial charge is 0.191 e. The summed E-state index contributed by atoms with van der Waals surface area (Å²) in [5.74, 6) is 2.47. The predicted molar refractivity (Wildman–Crippen MR) is 113 cm³/mol. The highest BCUT2D eigenvalue weighted by Gasteiger charge is 2.17. The van der Waals surface area contributed by atoms with Gasteiger partial charge in [-0.1, -0.05) is 31.2 Å². The topological polar surface area (TPSA) is 70.4 Å². The van der Waals surface area contributed by atoms with Gasteiger partial charge in [0.05, 0.1) is 13.1 Å². The first-order chi connectivity index (χ1) is 13.7. The minimum absolute atomic E-state index is 0.593. The number of hydrogen-bond donors (Lipinski definition) is 2. The summed E-state index contributed by atoms with van der Waals surface area (Å²) < 4.78 is 1.77. The minimum atomic E-state index is 0.593. The summed E-state index contributed by atoms with van der Waals surface area (Å²) in [4.78, 5) is 11.6. The molecular weight excluding hydrogens is 350 g/mol. The van der Waals surface area contributed by atoms with Gasteiger partial charge in [0, 0.05) is 26.7 Å². The minimum Gasteiger partial charge on any atom is -0.357 e. The Morgan fingerprint density at radius 2 is 2.07 bits per heavy atom. The Morgan fingerprint density at radius 3 is 2.79 bits per heavy atom. The van der Waals surface area contributed by atoms with Crippen LogP contribution in [0.15, 0.2) is 35.6 Å². The zero-order chi connectivity index (χ0) is 19.8. The summed E-state index contributed by atoms with van der Waals surface area (Å²) in [5.41, 5.74) is 2.67. The maximum absolute atomic E-state index is 4.80. The molecule has 0 radical (unpaired) electrons. The van der Waals surface area contributed by atoms with Crippen molar-refractivity contribution in [3.05, 3.63) is 47.5 Å². The molecule has 1 fully saturated rings. The van der Waals surface area contributed by atoms with E-state index in [1.54, 1.807) is 11.0 Å². The number of aromatic nitrogens is 3. The molecule has 1 saturated heterocycles. The molecule has 28 heavy (non-hydrogen) atoms. The van der Waals surface area contributed by atoms with E-state index in [4.69, 9.17) is 4.99 Å². The summed E-state index contributed by atoms with van der Waals surface area (Å²) >= 11 is 0. The molecule has 0 aliphatic carbocycles. The van der Waals surface area contributed by atoms with Crippen LogP contribution in [0.4, 0.5) is 0 Å². The van der Waals surface area contributed by atoms with Gasteiger partial charge in [-0.15, -0.1) is 0 Å². The van der Waals surface area contributed by atoms with Crippen LogP contribution in [0.5, 0.6) is 0 Å². The van der Waals surface area contributed by atoms with Crippen molar-refractivity contribution in [2.45, 2.75) is 46.3 Å². The highest BCUT2D eigenvalue weighted by atomic mass is 15.3. The second kappa shape index (κ2) is 10.2. The summed E-state index contributed by atoms with van der Waals surface area (Å²) in [5, 5.41) is 10.8. The van der Waals surface area contributed by atoms with Gasteiger partial charge >= 0.3 is 0 Å². The van der Waals surface area contributed by atoms with Crippen LogP contribution in [0, 0.1) is 5.92 Å². The lowest BCUT2D eigenvalue weighted by atomic mass is 9.99. The van der Waals surface area contributed by atoms with Crippen LogP contribution < -0.4 is 10.6 Å². The molecule has 7 nitrogen and oxygen atoms in total. The summed E-state index contributed by atoms with van der Waals surface area (Å²) in [6.45, 7) is 9.91. The van der Waals surface area contributed by atoms with Crippen molar-refractivity contribution in [3.63, 3.8) is 0 Å². The molecule has 1 atom stereocenters. The SMILES string of the molecule is CCNC(=NCc1ccccc1CN1CCCC(C)C1)NCc1ncnn1C. The van der Waals surface area contributed by atoms with Crippen molar-refractivity contribution in [1.29, 1.82) is 0 Å². The number of aryl methyl sites for hydroxylation is 1. The van der Waals surface area contributed by atoms with Crippen LogP contribution >= 0.6 is 0 Å². The molecule has 0 spiro atoms. The van der Waals surface area contributed by atoms with Gasteiger partial charge < -0.3 is 10.6 Å². The first kappa shape index (κ1) is 20.3. The van der Waals surface area contributed by atoms with Crippen LogP contribution in [0.2, 0.25) is 0 Å². The number of hydrogen-bond acceptors (Lipinski definition) is 4. The third-order valence-corrected chi connectivity index (χ3v) is 5.22. The predicted octanol–water partition coefficient (Wildman–Crippen LogP) is 2.30. The molecule has 7 heteroatoms. The third-order valence-electron chi connectivity index (χ3n) is 5.22. The van der Waals surface area contributed by atoms with Gasteiger partial charge in [-0.05, 0) is 43.4 Å². The fourth-order valence-electron chi connectivity index (χ4n) is 3.69. The molecule has 0 bridgehead atoms. The molecule has 1 aliphatic rings. The largest absolute Gasteiger partial charge is 0.357 e. The van der Waals surface area contributed by atoms with Crippen molar-refractivity contribution in [3.8, 4) is 0 Å². The number of nitrogens with zero attached hydrogens (tertiary/aromatic N) is 5. The van der Waals surface area contributed by atoms with Crippen LogP contribution in [0.1, 0.15) is 43.6 Å². The highest BCUT2D eigenvalue weighted by Crippen LogP contribution is 2.20. The van der Waals surface area contributed by atoms with Crippen LogP contribution in [0.3, 0.4) is 0 Å². The maximum Gasteiger partial charge on any atom is 0.191 e. The van der Waals surface area contributed by atoms with E-state index in [-0.39, 0.29) is 0 Å². The number of piperidine rings is 1. The van der Waals surface area contributed by atoms with E-state index in [1.165, 1.54) is 37.1 Å². The first-order valence-electron chi connectivity index (χ1n) is 10.3. The van der Waals surface area contributed by atoms with Gasteiger partial charge in [-0.25, -0.2) is 9.98 Å². The average Bonchev–Trinajstić information content (AvgIpc) is 3.10. The van der Waals surface area contributed by atoms with E-state index in [0.717, 1.165) is 30.8 Å². The number of rotatable bonds is 7. The third kappa shape index (κ3) is 5.79. The van der Waals surface area contributed by atoms with E-state index >= 15 is 0 Å². The van der Waals surface area contributed by atoms with E-state index in [2.05, 4.69) is 63.7 Å². The molecule has 1 aliphatic heterocycles. The molecule has 1 unspecified atom stereocenters. The van der Waals surface area contributed by atoms with Crippen molar-refractivity contribution >= 4 is 5.96 Å². The Morgan fingerprint density at radius 1 is 1.25 bits per heavy atom. The Labute approximate surface area is 168 Å². The fourth-order valence-corrected chi connectivity index (χ4v) is 3.69.